The van der Waals surface area contributed by atoms with Crippen LogP contribution in [0.2, 0.25) is 5.02 Å². The van der Waals surface area contributed by atoms with Gasteiger partial charge in [0, 0.05) is 24.0 Å². The number of hydrogen-bond acceptors (Lipinski definition) is 3. The van der Waals surface area contributed by atoms with E-state index in [2.05, 4.69) is 5.32 Å². The molecular formula is C30H35ClN2O3. The molecule has 3 rings (SSSR count). The predicted molar refractivity (Wildman–Crippen MR) is 145 cm³/mol. The first-order valence-corrected chi connectivity index (χ1v) is 12.7. The first-order chi connectivity index (χ1) is 17.3. The van der Waals surface area contributed by atoms with Crippen LogP contribution in [0, 0.1) is 13.8 Å². The van der Waals surface area contributed by atoms with Gasteiger partial charge in [-0.3, -0.25) is 9.59 Å². The fraction of sp³-hybridized carbons (Fsp3) is 0.333. The summed E-state index contributed by atoms with van der Waals surface area (Å²) in [5, 5.41) is 3.65. The summed E-state index contributed by atoms with van der Waals surface area (Å²) in [6.45, 7) is 8.02. The van der Waals surface area contributed by atoms with Gasteiger partial charge in [0.25, 0.3) is 5.91 Å². The fourth-order valence-electron chi connectivity index (χ4n) is 3.93. The molecule has 0 aliphatic heterocycles. The number of hydrogen-bond donors (Lipinski definition) is 1. The Bertz CT molecular complexity index is 1170. The molecule has 0 bridgehead atoms. The van der Waals surface area contributed by atoms with Crippen LogP contribution in [0.5, 0.6) is 5.75 Å². The lowest BCUT2D eigenvalue weighted by molar-refractivity contribution is -0.143. The van der Waals surface area contributed by atoms with Crippen molar-refractivity contribution in [3.63, 3.8) is 0 Å². The van der Waals surface area contributed by atoms with Gasteiger partial charge < -0.3 is 15.0 Å². The minimum atomic E-state index is -0.713. The van der Waals surface area contributed by atoms with Gasteiger partial charge in [-0.25, -0.2) is 0 Å². The smallest absolute Gasteiger partial charge is 0.261 e. The molecule has 0 fully saturated rings. The predicted octanol–water partition coefficient (Wildman–Crippen LogP) is 5.89. The number of carbonyl (C=O) groups excluding carboxylic acids is 2. The van der Waals surface area contributed by atoms with Crippen molar-refractivity contribution in [3.8, 4) is 5.75 Å². The molecule has 36 heavy (non-hydrogen) atoms. The third-order valence-electron chi connectivity index (χ3n) is 6.42. The minimum absolute atomic E-state index is 0.00918. The summed E-state index contributed by atoms with van der Waals surface area (Å²) in [4.78, 5) is 28.8. The Morgan fingerprint density at radius 3 is 2.36 bits per heavy atom. The van der Waals surface area contributed by atoms with Crippen molar-refractivity contribution in [2.45, 2.75) is 59.2 Å². The van der Waals surface area contributed by atoms with Gasteiger partial charge in [0.1, 0.15) is 11.8 Å². The van der Waals surface area contributed by atoms with E-state index >= 15 is 0 Å². The van der Waals surface area contributed by atoms with Crippen LogP contribution in [0.1, 0.15) is 42.5 Å². The van der Waals surface area contributed by atoms with Gasteiger partial charge >= 0.3 is 0 Å². The molecule has 6 heteroatoms. The highest BCUT2D eigenvalue weighted by atomic mass is 35.5. The summed E-state index contributed by atoms with van der Waals surface area (Å²) >= 11 is 6.23. The lowest BCUT2D eigenvalue weighted by Crippen LogP contribution is -2.53. The molecule has 3 aromatic rings. The molecule has 0 aromatic heterocycles. The standard InChI is InChI=1S/C30H35ClN2O3/c1-5-22(3)32-30(35)27(18-24-12-7-6-8-13-24)33(19-25-14-10-15-26(31)17-25)29(34)20-36-28-16-9-11-21(2)23(28)4/h6-17,22,27H,5,18-20H2,1-4H3,(H,32,35). The maximum absolute atomic E-state index is 13.7. The fourth-order valence-corrected chi connectivity index (χ4v) is 4.14. The second kappa shape index (κ2) is 13.1. The highest BCUT2D eigenvalue weighted by molar-refractivity contribution is 6.30. The molecule has 0 spiro atoms. The molecule has 0 aliphatic carbocycles. The molecule has 2 atom stereocenters. The normalized spacial score (nSPS) is 12.5. The lowest BCUT2D eigenvalue weighted by Gasteiger charge is -2.32. The summed E-state index contributed by atoms with van der Waals surface area (Å²) in [5.74, 6) is 0.209. The number of aryl methyl sites for hydroxylation is 1. The van der Waals surface area contributed by atoms with Crippen molar-refractivity contribution in [2.24, 2.45) is 0 Å². The van der Waals surface area contributed by atoms with Gasteiger partial charge in [0.05, 0.1) is 0 Å². The van der Waals surface area contributed by atoms with Crippen molar-refractivity contribution >= 4 is 23.4 Å². The van der Waals surface area contributed by atoms with Crippen LogP contribution in [0.3, 0.4) is 0 Å². The minimum Gasteiger partial charge on any atom is -0.483 e. The topological polar surface area (TPSA) is 58.6 Å². The first kappa shape index (κ1) is 27.3. The van der Waals surface area contributed by atoms with Crippen molar-refractivity contribution in [1.82, 2.24) is 10.2 Å². The number of ether oxygens (including phenoxy) is 1. The number of carbonyl (C=O) groups is 2. The summed E-state index contributed by atoms with van der Waals surface area (Å²) in [6.07, 6.45) is 1.18. The van der Waals surface area contributed by atoms with E-state index in [4.69, 9.17) is 16.3 Å². The van der Waals surface area contributed by atoms with Crippen LogP contribution in [0.4, 0.5) is 0 Å². The van der Waals surface area contributed by atoms with Crippen molar-refractivity contribution < 1.29 is 14.3 Å². The molecule has 0 saturated heterocycles. The number of amides is 2. The summed E-state index contributed by atoms with van der Waals surface area (Å²) < 4.78 is 5.96. The maximum atomic E-state index is 13.7. The van der Waals surface area contributed by atoms with Gasteiger partial charge in [-0.2, -0.15) is 0 Å². The van der Waals surface area contributed by atoms with E-state index < -0.39 is 6.04 Å². The summed E-state index contributed by atoms with van der Waals surface area (Å²) in [6, 6.07) is 22.2. The Morgan fingerprint density at radius 1 is 0.972 bits per heavy atom. The Balaban J connectivity index is 1.93. The molecule has 0 heterocycles. The van der Waals surface area contributed by atoms with Gasteiger partial charge in [-0.1, -0.05) is 73.1 Å². The van der Waals surface area contributed by atoms with Gasteiger partial charge in [-0.15, -0.1) is 0 Å². The zero-order valence-electron chi connectivity index (χ0n) is 21.5. The van der Waals surface area contributed by atoms with E-state index in [1.54, 1.807) is 11.0 Å². The largest absolute Gasteiger partial charge is 0.483 e. The van der Waals surface area contributed by atoms with Crippen LogP contribution in [0.15, 0.2) is 72.8 Å². The highest BCUT2D eigenvalue weighted by Crippen LogP contribution is 2.22. The third kappa shape index (κ3) is 7.59. The lowest BCUT2D eigenvalue weighted by atomic mass is 10.0. The van der Waals surface area contributed by atoms with E-state index in [0.717, 1.165) is 28.7 Å². The molecule has 0 saturated carbocycles. The number of benzene rings is 3. The Kier molecular flexibility index (Phi) is 9.95. The first-order valence-electron chi connectivity index (χ1n) is 12.4. The second-order valence-electron chi connectivity index (χ2n) is 9.16. The highest BCUT2D eigenvalue weighted by Gasteiger charge is 2.31. The molecule has 190 valence electrons. The number of nitrogens with one attached hydrogen (secondary N) is 1. The van der Waals surface area contributed by atoms with E-state index in [1.807, 2.05) is 94.4 Å². The Hall–Kier alpha value is -3.31. The zero-order chi connectivity index (χ0) is 26.1. The average molecular weight is 507 g/mol. The maximum Gasteiger partial charge on any atom is 0.261 e. The molecule has 0 radical (unpaired) electrons. The van der Waals surface area contributed by atoms with Crippen LogP contribution >= 0.6 is 11.6 Å². The Morgan fingerprint density at radius 2 is 1.67 bits per heavy atom. The SMILES string of the molecule is CCC(C)NC(=O)C(Cc1ccccc1)N(Cc1cccc(Cl)c1)C(=O)COc1cccc(C)c1C. The van der Waals surface area contributed by atoms with E-state index in [9.17, 15) is 9.59 Å². The molecule has 2 amide bonds. The van der Waals surface area contributed by atoms with Gasteiger partial charge in [0.2, 0.25) is 5.91 Å². The second-order valence-corrected chi connectivity index (χ2v) is 9.60. The van der Waals surface area contributed by atoms with Crippen LogP contribution in [-0.2, 0) is 22.6 Å². The summed E-state index contributed by atoms with van der Waals surface area (Å²) in [5.41, 5.74) is 3.89. The van der Waals surface area contributed by atoms with E-state index in [-0.39, 0.29) is 31.0 Å². The van der Waals surface area contributed by atoms with Gasteiger partial charge in [0.15, 0.2) is 6.61 Å². The van der Waals surface area contributed by atoms with Crippen LogP contribution < -0.4 is 10.1 Å². The van der Waals surface area contributed by atoms with Crippen molar-refractivity contribution in [2.75, 3.05) is 6.61 Å². The van der Waals surface area contributed by atoms with Crippen molar-refractivity contribution in [3.05, 3.63) is 100 Å². The van der Waals surface area contributed by atoms with Crippen molar-refractivity contribution in [1.29, 1.82) is 0 Å². The Labute approximate surface area is 219 Å². The van der Waals surface area contributed by atoms with E-state index in [1.165, 1.54) is 0 Å². The molecular weight excluding hydrogens is 472 g/mol. The number of rotatable bonds is 11. The third-order valence-corrected chi connectivity index (χ3v) is 6.66. The zero-order valence-corrected chi connectivity index (χ0v) is 22.2. The van der Waals surface area contributed by atoms with E-state index in [0.29, 0.717) is 17.2 Å². The quantitative estimate of drug-likeness (QED) is 0.352. The molecule has 1 N–H and O–H groups in total. The molecule has 5 nitrogen and oxygen atoms in total. The average Bonchev–Trinajstić information content (AvgIpc) is 2.87. The summed E-state index contributed by atoms with van der Waals surface area (Å²) in [7, 11) is 0. The number of halogens is 1. The van der Waals surface area contributed by atoms with Crippen LogP contribution in [-0.4, -0.2) is 35.4 Å². The monoisotopic (exact) mass is 506 g/mol. The molecule has 2 unspecified atom stereocenters. The molecule has 0 aliphatic rings. The molecule has 3 aromatic carbocycles. The van der Waals surface area contributed by atoms with Crippen LogP contribution in [0.25, 0.3) is 0 Å². The van der Waals surface area contributed by atoms with Gasteiger partial charge in [-0.05, 0) is 67.6 Å². The number of nitrogens with zero attached hydrogens (tertiary/aromatic N) is 1.